The van der Waals surface area contributed by atoms with E-state index in [-0.39, 0.29) is 17.2 Å². The summed E-state index contributed by atoms with van der Waals surface area (Å²) in [5.74, 6) is -0.432. The Kier molecular flexibility index (Phi) is 7.59. The Hall–Kier alpha value is -4.98. The first-order chi connectivity index (χ1) is 19.4. The standard InChI is InChI=1S/C32H29N3O5/c1-20-28-25(33-34-30(36)23-18-16-22(17-19-23)21-10-5-4-6-11-21)13-9-15-27(28)40-29(20)31(37)35(2)26-14-8-7-12-24(26)32(38)39-3/h4-8,10-12,14,16-19H,9,13,15H2,1-3H3,(H,34,36)/b33-25+. The van der Waals surface area contributed by atoms with Crippen LogP contribution in [0, 0.1) is 6.92 Å². The normalized spacial score (nSPS) is 13.4. The van der Waals surface area contributed by atoms with Gasteiger partial charge >= 0.3 is 5.97 Å². The third-order valence-corrected chi connectivity index (χ3v) is 7.04. The molecule has 0 aliphatic heterocycles. The summed E-state index contributed by atoms with van der Waals surface area (Å²) in [5, 5.41) is 4.44. The van der Waals surface area contributed by atoms with Crippen molar-refractivity contribution in [1.82, 2.24) is 5.43 Å². The van der Waals surface area contributed by atoms with Crippen molar-refractivity contribution in [3.05, 3.63) is 113 Å². The second-order valence-corrected chi connectivity index (χ2v) is 9.52. The summed E-state index contributed by atoms with van der Waals surface area (Å²) >= 11 is 0. The number of ether oxygens (including phenoxy) is 1. The minimum Gasteiger partial charge on any atom is -0.465 e. The summed E-state index contributed by atoms with van der Waals surface area (Å²) in [6.07, 6.45) is 2.06. The Morgan fingerprint density at radius 3 is 2.30 bits per heavy atom. The van der Waals surface area contributed by atoms with Crippen molar-refractivity contribution in [2.24, 2.45) is 5.10 Å². The van der Waals surface area contributed by atoms with Crippen LogP contribution in [0.4, 0.5) is 5.69 Å². The minimum atomic E-state index is -0.537. The van der Waals surface area contributed by atoms with E-state index in [9.17, 15) is 14.4 Å². The number of aryl methyl sites for hydroxylation is 1. The van der Waals surface area contributed by atoms with Gasteiger partial charge in [0, 0.05) is 30.2 Å². The molecular weight excluding hydrogens is 506 g/mol. The molecule has 202 valence electrons. The van der Waals surface area contributed by atoms with E-state index >= 15 is 0 Å². The number of rotatable bonds is 6. The number of carbonyl (C=O) groups excluding carboxylic acids is 3. The molecule has 1 aromatic heterocycles. The van der Waals surface area contributed by atoms with Gasteiger partial charge in [-0.15, -0.1) is 0 Å². The Morgan fingerprint density at radius 2 is 1.57 bits per heavy atom. The number of carbonyl (C=O) groups is 3. The lowest BCUT2D eigenvalue weighted by Crippen LogP contribution is -2.28. The first kappa shape index (κ1) is 26.6. The van der Waals surface area contributed by atoms with Gasteiger partial charge in [0.2, 0.25) is 0 Å². The average Bonchev–Trinajstić information content (AvgIpc) is 3.35. The van der Waals surface area contributed by atoms with Crippen molar-refractivity contribution in [2.75, 3.05) is 19.1 Å². The fourth-order valence-electron chi connectivity index (χ4n) is 4.92. The molecule has 0 bridgehead atoms. The number of furan rings is 1. The van der Waals surface area contributed by atoms with Crippen LogP contribution in [0.3, 0.4) is 0 Å². The summed E-state index contributed by atoms with van der Waals surface area (Å²) in [6.45, 7) is 1.81. The van der Waals surface area contributed by atoms with Gasteiger partial charge in [-0.25, -0.2) is 10.2 Å². The third-order valence-electron chi connectivity index (χ3n) is 7.04. The van der Waals surface area contributed by atoms with E-state index in [1.165, 1.54) is 12.0 Å². The first-order valence-corrected chi connectivity index (χ1v) is 13.0. The predicted molar refractivity (Wildman–Crippen MR) is 153 cm³/mol. The van der Waals surface area contributed by atoms with Gasteiger partial charge in [-0.05, 0) is 55.2 Å². The Morgan fingerprint density at radius 1 is 0.900 bits per heavy atom. The lowest BCUT2D eigenvalue weighted by Gasteiger charge is -2.19. The molecule has 1 N–H and O–H groups in total. The molecule has 0 fully saturated rings. The maximum Gasteiger partial charge on any atom is 0.339 e. The van der Waals surface area contributed by atoms with E-state index in [0.717, 1.165) is 23.1 Å². The number of hydrazone groups is 1. The van der Waals surface area contributed by atoms with Crippen molar-refractivity contribution in [3.63, 3.8) is 0 Å². The Bertz CT molecular complexity index is 1600. The summed E-state index contributed by atoms with van der Waals surface area (Å²) in [6, 6.07) is 24.0. The maximum atomic E-state index is 13.5. The van der Waals surface area contributed by atoms with Crippen LogP contribution < -0.4 is 10.3 Å². The highest BCUT2D eigenvalue weighted by Gasteiger charge is 2.30. The topological polar surface area (TPSA) is 101 Å². The number of fused-ring (bicyclic) bond motifs is 1. The molecule has 3 aromatic carbocycles. The van der Waals surface area contributed by atoms with E-state index in [4.69, 9.17) is 9.15 Å². The average molecular weight is 536 g/mol. The summed E-state index contributed by atoms with van der Waals surface area (Å²) in [5.41, 5.74) is 7.98. The van der Waals surface area contributed by atoms with Crippen LogP contribution in [0.1, 0.15) is 61.0 Å². The van der Waals surface area contributed by atoms with E-state index in [2.05, 4.69) is 10.5 Å². The third kappa shape index (κ3) is 5.16. The van der Waals surface area contributed by atoms with Crippen molar-refractivity contribution in [1.29, 1.82) is 0 Å². The number of amides is 2. The molecule has 1 aliphatic rings. The van der Waals surface area contributed by atoms with Crippen molar-refractivity contribution >= 4 is 29.2 Å². The highest BCUT2D eigenvalue weighted by molar-refractivity contribution is 6.12. The van der Waals surface area contributed by atoms with Crippen LogP contribution in [0.5, 0.6) is 0 Å². The van der Waals surface area contributed by atoms with Gasteiger partial charge in [-0.3, -0.25) is 9.59 Å². The first-order valence-electron chi connectivity index (χ1n) is 13.0. The van der Waals surface area contributed by atoms with Gasteiger partial charge in [0.05, 0.1) is 24.1 Å². The number of hydrogen-bond acceptors (Lipinski definition) is 6. The Labute approximate surface area is 232 Å². The van der Waals surface area contributed by atoms with Gasteiger partial charge < -0.3 is 14.1 Å². The second-order valence-electron chi connectivity index (χ2n) is 9.52. The van der Waals surface area contributed by atoms with Crippen molar-refractivity contribution in [3.8, 4) is 11.1 Å². The fourth-order valence-corrected chi connectivity index (χ4v) is 4.92. The van der Waals surface area contributed by atoms with Crippen molar-refractivity contribution < 1.29 is 23.5 Å². The zero-order valence-electron chi connectivity index (χ0n) is 22.6. The molecule has 8 nitrogen and oxygen atoms in total. The number of benzene rings is 3. The van der Waals surface area contributed by atoms with Crippen LogP contribution in [0.15, 0.2) is 88.4 Å². The van der Waals surface area contributed by atoms with Gasteiger partial charge in [0.15, 0.2) is 5.76 Å². The molecular formula is C32H29N3O5. The molecule has 0 saturated carbocycles. The van der Waals surface area contributed by atoms with Gasteiger partial charge in [-0.1, -0.05) is 54.6 Å². The largest absolute Gasteiger partial charge is 0.465 e. The number of nitrogens with one attached hydrogen (secondary N) is 1. The number of hydrogen-bond donors (Lipinski definition) is 1. The molecule has 1 heterocycles. The highest BCUT2D eigenvalue weighted by Crippen LogP contribution is 2.32. The minimum absolute atomic E-state index is 0.171. The molecule has 5 rings (SSSR count). The number of esters is 1. The summed E-state index contributed by atoms with van der Waals surface area (Å²) in [4.78, 5) is 40.0. The molecule has 0 radical (unpaired) electrons. The SMILES string of the molecule is COC(=O)c1ccccc1N(C)C(=O)c1oc2c(c1C)/C(=N/NC(=O)c1ccc(-c3ccccc3)cc1)CCC2. The smallest absolute Gasteiger partial charge is 0.339 e. The molecule has 8 heteroatoms. The van der Waals surface area contributed by atoms with Crippen LogP contribution in [-0.2, 0) is 11.2 Å². The lowest BCUT2D eigenvalue weighted by molar-refractivity contribution is 0.0601. The molecule has 4 aromatic rings. The fraction of sp³-hybridized carbons (Fsp3) is 0.188. The van der Waals surface area contributed by atoms with Gasteiger partial charge in [0.1, 0.15) is 5.76 Å². The molecule has 40 heavy (non-hydrogen) atoms. The van der Waals surface area contributed by atoms with E-state index in [0.29, 0.717) is 41.1 Å². The molecule has 1 aliphatic carbocycles. The molecule has 0 spiro atoms. The summed E-state index contributed by atoms with van der Waals surface area (Å²) < 4.78 is 10.9. The van der Waals surface area contributed by atoms with Gasteiger partial charge in [-0.2, -0.15) is 5.10 Å². The van der Waals surface area contributed by atoms with Crippen LogP contribution in [-0.4, -0.2) is 37.7 Å². The number of anilines is 1. The predicted octanol–water partition coefficient (Wildman–Crippen LogP) is 5.79. The second kappa shape index (κ2) is 11.4. The van der Waals surface area contributed by atoms with Gasteiger partial charge in [0.25, 0.3) is 11.8 Å². The Balaban J connectivity index is 1.36. The maximum absolute atomic E-state index is 13.5. The van der Waals surface area contributed by atoms with Crippen LogP contribution in [0.2, 0.25) is 0 Å². The van der Waals surface area contributed by atoms with Crippen LogP contribution >= 0.6 is 0 Å². The number of nitrogens with zero attached hydrogens (tertiary/aromatic N) is 2. The van der Waals surface area contributed by atoms with Crippen molar-refractivity contribution in [2.45, 2.75) is 26.2 Å². The number of para-hydroxylation sites is 1. The van der Waals surface area contributed by atoms with E-state index in [1.54, 1.807) is 50.4 Å². The zero-order valence-corrected chi connectivity index (χ0v) is 22.6. The quantitative estimate of drug-likeness (QED) is 0.249. The van der Waals surface area contributed by atoms with E-state index < -0.39 is 11.9 Å². The zero-order chi connectivity index (χ0) is 28.2. The lowest BCUT2D eigenvalue weighted by atomic mass is 9.93. The van der Waals surface area contributed by atoms with E-state index in [1.807, 2.05) is 42.5 Å². The molecule has 2 amide bonds. The number of methoxy groups -OCH3 is 1. The van der Waals surface area contributed by atoms with Crippen LogP contribution in [0.25, 0.3) is 11.1 Å². The molecule has 0 unspecified atom stereocenters. The summed E-state index contributed by atoms with van der Waals surface area (Å²) in [7, 11) is 2.88. The monoisotopic (exact) mass is 535 g/mol. The molecule has 0 saturated heterocycles. The molecule has 0 atom stereocenters. The highest BCUT2D eigenvalue weighted by atomic mass is 16.5.